The molecule has 1 N–H and O–H groups in total. The molecule has 2 aromatic rings. The van der Waals surface area contributed by atoms with Crippen molar-refractivity contribution >= 4 is 45.0 Å². The van der Waals surface area contributed by atoms with E-state index >= 15 is 0 Å². The third-order valence-electron chi connectivity index (χ3n) is 5.62. The predicted octanol–water partition coefficient (Wildman–Crippen LogP) is 3.86. The molecule has 8 heteroatoms. The average molecular weight is 506 g/mol. The first-order chi connectivity index (χ1) is 15.0. The summed E-state index contributed by atoms with van der Waals surface area (Å²) in [4.78, 5) is 29.8. The Bertz CT molecular complexity index is 1020. The van der Waals surface area contributed by atoms with Crippen molar-refractivity contribution in [2.75, 3.05) is 39.4 Å². The van der Waals surface area contributed by atoms with Gasteiger partial charge in [-0.15, -0.1) is 0 Å². The molecule has 2 aromatic carbocycles. The molecule has 1 atom stereocenters. The van der Waals surface area contributed by atoms with Crippen molar-refractivity contribution in [1.82, 2.24) is 9.80 Å². The van der Waals surface area contributed by atoms with Gasteiger partial charge in [-0.25, -0.2) is 0 Å². The van der Waals surface area contributed by atoms with Gasteiger partial charge in [-0.1, -0.05) is 57.9 Å². The summed E-state index contributed by atoms with van der Waals surface area (Å²) in [6.07, 6.45) is 0. The Kier molecular flexibility index (Phi) is 6.77. The SMILES string of the molecule is O=C1C(=O)N(CCN2CCOCC2)[C@H](c2ccccc2Cl)C1=C(O)c1ccc(Br)cc1. The second-order valence-electron chi connectivity index (χ2n) is 7.47. The summed E-state index contributed by atoms with van der Waals surface area (Å²) in [6.45, 7) is 3.80. The van der Waals surface area contributed by atoms with E-state index in [0.29, 0.717) is 42.5 Å². The first kappa shape index (κ1) is 22.0. The summed E-state index contributed by atoms with van der Waals surface area (Å²) in [5.41, 5.74) is 1.14. The van der Waals surface area contributed by atoms with Crippen molar-refractivity contribution in [3.8, 4) is 0 Å². The molecule has 2 heterocycles. The number of hydrogen-bond acceptors (Lipinski definition) is 5. The molecule has 2 fully saturated rings. The number of aliphatic hydroxyl groups excluding tert-OH is 1. The third kappa shape index (κ3) is 4.55. The number of benzene rings is 2. The second-order valence-corrected chi connectivity index (χ2v) is 8.80. The molecular formula is C23H22BrClN2O4. The number of ketones is 1. The highest BCUT2D eigenvalue weighted by Gasteiger charge is 2.46. The van der Waals surface area contributed by atoms with Crippen LogP contribution in [-0.4, -0.2) is 66.0 Å². The molecule has 162 valence electrons. The number of carbonyl (C=O) groups excluding carboxylic acids is 2. The van der Waals surface area contributed by atoms with Crippen molar-refractivity contribution in [1.29, 1.82) is 0 Å². The normalized spacial score (nSPS) is 21.6. The van der Waals surface area contributed by atoms with Crippen molar-refractivity contribution in [3.05, 3.63) is 74.7 Å². The van der Waals surface area contributed by atoms with Crippen LogP contribution in [0.3, 0.4) is 0 Å². The number of Topliss-reactive ketones (excluding diaryl/α,β-unsaturated/α-hetero) is 1. The predicted molar refractivity (Wildman–Crippen MR) is 122 cm³/mol. The van der Waals surface area contributed by atoms with Gasteiger partial charge in [-0.3, -0.25) is 14.5 Å². The number of morpholine rings is 1. The first-order valence-corrected chi connectivity index (χ1v) is 11.2. The van der Waals surface area contributed by atoms with Crippen LogP contribution in [-0.2, 0) is 14.3 Å². The van der Waals surface area contributed by atoms with Gasteiger partial charge in [0.1, 0.15) is 5.76 Å². The quantitative estimate of drug-likeness (QED) is 0.380. The monoisotopic (exact) mass is 504 g/mol. The van der Waals surface area contributed by atoms with E-state index in [4.69, 9.17) is 16.3 Å². The van der Waals surface area contributed by atoms with Crippen LogP contribution in [0.4, 0.5) is 0 Å². The Morgan fingerprint density at radius 1 is 1.06 bits per heavy atom. The maximum absolute atomic E-state index is 13.0. The lowest BCUT2D eigenvalue weighted by molar-refractivity contribution is -0.140. The second kappa shape index (κ2) is 9.53. The van der Waals surface area contributed by atoms with Gasteiger partial charge in [-0.2, -0.15) is 0 Å². The molecule has 1 amide bonds. The Hall–Kier alpha value is -2.19. The summed E-state index contributed by atoms with van der Waals surface area (Å²) in [7, 11) is 0. The largest absolute Gasteiger partial charge is 0.507 e. The first-order valence-electron chi connectivity index (χ1n) is 10.1. The number of halogens is 2. The standard InChI is InChI=1S/C23H22BrClN2O4/c24-16-7-5-15(6-8-16)21(28)19-20(17-3-1-2-4-18(17)25)27(23(30)22(19)29)10-9-26-11-13-31-14-12-26/h1-8,20,28H,9-14H2/t20-/m1/s1. The van der Waals surface area contributed by atoms with E-state index in [1.54, 1.807) is 42.5 Å². The van der Waals surface area contributed by atoms with E-state index in [1.807, 2.05) is 6.07 Å². The molecule has 0 unspecified atom stereocenters. The van der Waals surface area contributed by atoms with Gasteiger partial charge in [0.25, 0.3) is 11.7 Å². The fourth-order valence-corrected chi connectivity index (χ4v) is 4.47. The summed E-state index contributed by atoms with van der Waals surface area (Å²) >= 11 is 9.83. The summed E-state index contributed by atoms with van der Waals surface area (Å²) < 4.78 is 6.23. The fraction of sp³-hybridized carbons (Fsp3) is 0.304. The van der Waals surface area contributed by atoms with Gasteiger partial charge in [0.2, 0.25) is 0 Å². The molecule has 2 aliphatic heterocycles. The topological polar surface area (TPSA) is 70.1 Å². The average Bonchev–Trinajstić information content (AvgIpc) is 3.03. The molecule has 0 saturated carbocycles. The van der Waals surface area contributed by atoms with Crippen LogP contribution >= 0.6 is 27.5 Å². The minimum absolute atomic E-state index is 0.0578. The Balaban J connectivity index is 1.75. The maximum atomic E-state index is 13.0. The molecular weight excluding hydrogens is 484 g/mol. The summed E-state index contributed by atoms with van der Waals surface area (Å²) in [5.74, 6) is -1.53. The lowest BCUT2D eigenvalue weighted by Gasteiger charge is -2.31. The number of aliphatic hydroxyl groups is 1. The number of likely N-dealkylation sites (tertiary alicyclic amines) is 1. The number of rotatable bonds is 5. The molecule has 0 aromatic heterocycles. The van der Waals surface area contributed by atoms with Crippen LogP contribution < -0.4 is 0 Å². The Morgan fingerprint density at radius 2 is 1.74 bits per heavy atom. The smallest absolute Gasteiger partial charge is 0.295 e. The van der Waals surface area contributed by atoms with E-state index in [2.05, 4.69) is 20.8 Å². The molecule has 31 heavy (non-hydrogen) atoms. The molecule has 4 rings (SSSR count). The van der Waals surface area contributed by atoms with E-state index in [9.17, 15) is 14.7 Å². The van der Waals surface area contributed by atoms with Gasteiger partial charge < -0.3 is 14.7 Å². The molecule has 2 saturated heterocycles. The minimum Gasteiger partial charge on any atom is -0.507 e. The lowest BCUT2D eigenvalue weighted by atomic mass is 9.95. The van der Waals surface area contributed by atoms with E-state index in [-0.39, 0.29) is 11.3 Å². The van der Waals surface area contributed by atoms with Gasteiger partial charge >= 0.3 is 0 Å². The van der Waals surface area contributed by atoms with Crippen LogP contribution in [0.2, 0.25) is 5.02 Å². The van der Waals surface area contributed by atoms with Crippen LogP contribution in [0.15, 0.2) is 58.6 Å². The van der Waals surface area contributed by atoms with Gasteiger partial charge in [-0.05, 0) is 23.8 Å². The van der Waals surface area contributed by atoms with Gasteiger partial charge in [0.05, 0.1) is 24.8 Å². The molecule has 0 radical (unpaired) electrons. The highest BCUT2D eigenvalue weighted by Crippen LogP contribution is 2.41. The molecule has 0 aliphatic carbocycles. The molecule has 6 nitrogen and oxygen atoms in total. The zero-order valence-corrected chi connectivity index (χ0v) is 19.1. The van der Waals surface area contributed by atoms with Crippen molar-refractivity contribution < 1.29 is 19.4 Å². The van der Waals surface area contributed by atoms with Crippen molar-refractivity contribution in [2.24, 2.45) is 0 Å². The Morgan fingerprint density at radius 3 is 2.42 bits per heavy atom. The zero-order valence-electron chi connectivity index (χ0n) is 16.8. The van der Waals surface area contributed by atoms with Crippen LogP contribution in [0.5, 0.6) is 0 Å². The van der Waals surface area contributed by atoms with Gasteiger partial charge in [0.15, 0.2) is 0 Å². The summed E-state index contributed by atoms with van der Waals surface area (Å²) in [6, 6.07) is 13.3. The number of hydrogen-bond donors (Lipinski definition) is 1. The maximum Gasteiger partial charge on any atom is 0.295 e. The number of nitrogens with zero attached hydrogens (tertiary/aromatic N) is 2. The fourth-order valence-electron chi connectivity index (χ4n) is 3.97. The molecule has 0 bridgehead atoms. The van der Waals surface area contributed by atoms with Crippen molar-refractivity contribution in [3.63, 3.8) is 0 Å². The van der Waals surface area contributed by atoms with E-state index in [0.717, 1.165) is 17.6 Å². The summed E-state index contributed by atoms with van der Waals surface area (Å²) in [5, 5.41) is 11.5. The molecule has 0 spiro atoms. The molecule has 2 aliphatic rings. The van der Waals surface area contributed by atoms with E-state index in [1.165, 1.54) is 4.90 Å². The van der Waals surface area contributed by atoms with Crippen LogP contribution in [0.25, 0.3) is 5.76 Å². The van der Waals surface area contributed by atoms with Crippen LogP contribution in [0.1, 0.15) is 17.2 Å². The Labute approximate surface area is 194 Å². The highest BCUT2D eigenvalue weighted by molar-refractivity contribution is 9.10. The van der Waals surface area contributed by atoms with Crippen LogP contribution in [0, 0.1) is 0 Å². The van der Waals surface area contributed by atoms with Gasteiger partial charge in [0, 0.05) is 41.2 Å². The van der Waals surface area contributed by atoms with Crippen molar-refractivity contribution in [2.45, 2.75) is 6.04 Å². The number of carbonyl (C=O) groups is 2. The van der Waals surface area contributed by atoms with E-state index < -0.39 is 17.7 Å². The zero-order chi connectivity index (χ0) is 22.0. The number of ether oxygens (including phenoxy) is 1. The minimum atomic E-state index is -0.751. The number of amides is 1. The lowest BCUT2D eigenvalue weighted by Crippen LogP contribution is -2.42. The highest BCUT2D eigenvalue weighted by atomic mass is 79.9. The third-order valence-corrected chi connectivity index (χ3v) is 6.49.